The zero-order valence-corrected chi connectivity index (χ0v) is 55.9. The van der Waals surface area contributed by atoms with Crippen LogP contribution in [0.25, 0.3) is 11.3 Å². The van der Waals surface area contributed by atoms with Crippen molar-refractivity contribution in [3.63, 3.8) is 0 Å². The standard InChI is InChI=1S/C68H101N11O11/c1-16-24-52-60(81)72-50(37-46-25-20-19-21-26-46)62(83)76(14)54(38-47-27-22-28-48(36-47)51-39-70-55(40-69-51)78-33-30-42(6)31-34-78)64(85)79-32-23-29-53(79)61(82)73-56(43(7)17-2)65(86)74(12)45(9)59(80)71-49(35-41(4)5)63(84)77(15)58(68(10,11)89)67(88)90-57(44(8)18-3)66(87)75(52)13/h19-22,25-28,36,39-45,49-50,52-54,56-58,89H,16-18,23-24,29-35,37-38H2,1-15H3,(H,71,80)(H,72,81)(H,73,82)/t43?,44?,45-,49?,50?,52-,53?,54?,56?,57+,58?/m0/s1. The summed E-state index contributed by atoms with van der Waals surface area (Å²) in [6, 6.07) is 6.24. The summed E-state index contributed by atoms with van der Waals surface area (Å²) >= 11 is 0. The van der Waals surface area contributed by atoms with Crippen molar-refractivity contribution in [2.75, 3.05) is 52.7 Å². The molecule has 4 N–H and O–H groups in total. The number of esters is 1. The van der Waals surface area contributed by atoms with Gasteiger partial charge in [0.2, 0.25) is 41.4 Å². The number of cyclic esters (lactones) is 1. The van der Waals surface area contributed by atoms with Crippen molar-refractivity contribution in [3.8, 4) is 11.3 Å². The summed E-state index contributed by atoms with van der Waals surface area (Å²) in [4.78, 5) is 153. The first-order valence-corrected chi connectivity index (χ1v) is 32.4. The zero-order chi connectivity index (χ0) is 66.5. The van der Waals surface area contributed by atoms with Crippen LogP contribution in [0.4, 0.5) is 5.82 Å². The number of aliphatic hydroxyl groups is 1. The topological polar surface area (TPSA) is 264 Å². The Balaban J connectivity index is 1.48. The maximum absolute atomic E-state index is 15.7. The van der Waals surface area contributed by atoms with E-state index < -0.39 is 125 Å². The number of hydrogen-bond donors (Lipinski definition) is 4. The van der Waals surface area contributed by atoms with Crippen molar-refractivity contribution in [2.24, 2.45) is 23.7 Å². The van der Waals surface area contributed by atoms with Gasteiger partial charge in [0.25, 0.3) is 5.91 Å². The molecule has 11 atom stereocenters. The molecule has 0 spiro atoms. The number of anilines is 1. The van der Waals surface area contributed by atoms with Gasteiger partial charge in [-0.1, -0.05) is 117 Å². The number of carbonyl (C=O) groups is 9. The Bertz CT molecular complexity index is 2970. The number of aromatic nitrogens is 2. The van der Waals surface area contributed by atoms with Crippen LogP contribution < -0.4 is 20.9 Å². The lowest BCUT2D eigenvalue weighted by molar-refractivity contribution is -0.177. The summed E-state index contributed by atoms with van der Waals surface area (Å²) in [6.07, 6.45) is 6.03. The summed E-state index contributed by atoms with van der Waals surface area (Å²) in [7, 11) is 5.64. The van der Waals surface area contributed by atoms with Crippen molar-refractivity contribution in [3.05, 3.63) is 78.1 Å². The van der Waals surface area contributed by atoms with Gasteiger partial charge < -0.3 is 55.2 Å². The highest BCUT2D eigenvalue weighted by Gasteiger charge is 2.47. The lowest BCUT2D eigenvalue weighted by atomic mass is 9.94. The number of amides is 8. The van der Waals surface area contributed by atoms with E-state index in [-0.39, 0.29) is 44.6 Å². The minimum atomic E-state index is -1.98. The van der Waals surface area contributed by atoms with Gasteiger partial charge in [0.05, 0.1) is 23.7 Å². The fraction of sp³-hybridized carbons (Fsp3) is 0.632. The lowest BCUT2D eigenvalue weighted by Crippen LogP contribution is -2.62. The molecule has 3 aliphatic rings. The Morgan fingerprint density at radius 1 is 0.633 bits per heavy atom. The quantitative estimate of drug-likeness (QED) is 0.136. The first kappa shape index (κ1) is 71.6. The first-order chi connectivity index (χ1) is 42.5. The van der Waals surface area contributed by atoms with Gasteiger partial charge in [0, 0.05) is 72.1 Å². The van der Waals surface area contributed by atoms with Crippen LogP contribution in [0.2, 0.25) is 0 Å². The molecule has 90 heavy (non-hydrogen) atoms. The third-order valence-corrected chi connectivity index (χ3v) is 18.6. The molecule has 1 aromatic heterocycles. The fourth-order valence-electron chi connectivity index (χ4n) is 12.3. The second-order valence-electron chi connectivity index (χ2n) is 26.4. The van der Waals surface area contributed by atoms with Crippen molar-refractivity contribution in [1.29, 1.82) is 0 Å². The molecule has 4 heterocycles. The van der Waals surface area contributed by atoms with Gasteiger partial charge in [-0.25, -0.2) is 9.78 Å². The van der Waals surface area contributed by atoms with Crippen molar-refractivity contribution < 1.29 is 53.0 Å². The van der Waals surface area contributed by atoms with Crippen LogP contribution in [-0.2, 0) is 60.7 Å². The molecule has 3 saturated heterocycles. The van der Waals surface area contributed by atoms with E-state index in [0.29, 0.717) is 48.4 Å². The molecule has 3 fully saturated rings. The third-order valence-electron chi connectivity index (χ3n) is 18.6. The molecule has 494 valence electrons. The third kappa shape index (κ3) is 17.7. The van der Waals surface area contributed by atoms with Crippen LogP contribution in [0.5, 0.6) is 0 Å². The number of hydrogen-bond acceptors (Lipinski definition) is 14. The second kappa shape index (κ2) is 32.0. The summed E-state index contributed by atoms with van der Waals surface area (Å²) in [5, 5.41) is 20.5. The molecule has 0 bridgehead atoms. The number of nitrogens with one attached hydrogen (secondary N) is 3. The molecule has 3 aromatic rings. The summed E-state index contributed by atoms with van der Waals surface area (Å²) in [6.45, 7) is 21.0. The zero-order valence-electron chi connectivity index (χ0n) is 55.9. The SMILES string of the molecule is CCC[C@H]1C(=O)NC(Cc2ccccc2)C(=O)N(C)C(Cc2cccc(-c3cnc(N4CCC(C)CC4)cn3)c2)C(=O)N2CCCC2C(=O)NC(C(C)CC)C(=O)N(C)[C@@H](C)C(=O)NC(CC(C)C)C(=O)N(C)C(C(C)(C)O)C(=O)O[C@H](C(C)CC)C(=O)N1C. The van der Waals surface area contributed by atoms with Gasteiger partial charge in [-0.05, 0) is 101 Å². The average Bonchev–Trinajstić information content (AvgIpc) is 1.34. The van der Waals surface area contributed by atoms with Gasteiger partial charge in [0.15, 0.2) is 12.1 Å². The van der Waals surface area contributed by atoms with E-state index >= 15 is 19.2 Å². The van der Waals surface area contributed by atoms with Gasteiger partial charge in [-0.3, -0.25) is 43.3 Å². The number of ether oxygens (including phenoxy) is 1. The molecule has 8 unspecified atom stereocenters. The predicted molar refractivity (Wildman–Crippen MR) is 344 cm³/mol. The Morgan fingerprint density at radius 2 is 1.26 bits per heavy atom. The van der Waals surface area contributed by atoms with E-state index in [1.165, 1.54) is 68.6 Å². The molecule has 0 saturated carbocycles. The van der Waals surface area contributed by atoms with Crippen LogP contribution in [0.15, 0.2) is 67.0 Å². The van der Waals surface area contributed by atoms with Crippen LogP contribution in [-0.4, -0.2) is 201 Å². The monoisotopic (exact) mass is 1250 g/mol. The van der Waals surface area contributed by atoms with Crippen molar-refractivity contribution >= 4 is 59.0 Å². The van der Waals surface area contributed by atoms with Gasteiger partial charge in [-0.15, -0.1) is 0 Å². The van der Waals surface area contributed by atoms with Crippen molar-refractivity contribution in [1.82, 2.24) is 50.4 Å². The smallest absolute Gasteiger partial charge is 0.332 e. The molecule has 0 aliphatic carbocycles. The molecule has 3 aliphatic heterocycles. The van der Waals surface area contributed by atoms with E-state index in [4.69, 9.17) is 14.7 Å². The number of fused-ring (bicyclic) bond motifs is 1. The molecule has 6 rings (SSSR count). The van der Waals surface area contributed by atoms with Crippen LogP contribution in [0.3, 0.4) is 0 Å². The maximum Gasteiger partial charge on any atom is 0.332 e. The summed E-state index contributed by atoms with van der Waals surface area (Å²) in [5.74, 6) is -6.32. The summed E-state index contributed by atoms with van der Waals surface area (Å²) < 4.78 is 6.11. The fourth-order valence-corrected chi connectivity index (χ4v) is 12.3. The maximum atomic E-state index is 15.7. The number of rotatable bonds is 15. The molecule has 8 amide bonds. The molecule has 22 heteroatoms. The number of benzene rings is 2. The Kier molecular flexibility index (Phi) is 25.4. The van der Waals surface area contributed by atoms with Crippen LogP contribution in [0, 0.1) is 23.7 Å². The van der Waals surface area contributed by atoms with E-state index in [2.05, 4.69) is 27.8 Å². The van der Waals surface area contributed by atoms with Crippen LogP contribution in [0.1, 0.15) is 145 Å². The Hall–Kier alpha value is -7.49. The van der Waals surface area contributed by atoms with Crippen LogP contribution >= 0.6 is 0 Å². The number of piperidine rings is 1. The van der Waals surface area contributed by atoms with Gasteiger partial charge in [0.1, 0.15) is 48.1 Å². The Morgan fingerprint density at radius 3 is 1.86 bits per heavy atom. The van der Waals surface area contributed by atoms with E-state index in [1.807, 2.05) is 70.2 Å². The largest absolute Gasteiger partial charge is 0.450 e. The number of likely N-dealkylation sites (N-methyl/N-ethyl adjacent to an activating group) is 4. The number of carbonyl (C=O) groups excluding carboxylic acids is 9. The lowest BCUT2D eigenvalue weighted by Gasteiger charge is -2.39. The van der Waals surface area contributed by atoms with Crippen molar-refractivity contribution in [2.45, 2.75) is 207 Å². The van der Waals surface area contributed by atoms with Gasteiger partial charge >= 0.3 is 5.97 Å². The Labute approximate surface area is 533 Å². The molecule has 0 radical (unpaired) electrons. The number of nitrogens with zero attached hydrogens (tertiary/aromatic N) is 8. The highest BCUT2D eigenvalue weighted by molar-refractivity contribution is 5.99. The molecule has 22 nitrogen and oxygen atoms in total. The molecular weight excluding hydrogens is 1150 g/mol. The van der Waals surface area contributed by atoms with E-state index in [1.54, 1.807) is 45.3 Å². The molecular formula is C68H101N11O11. The van der Waals surface area contributed by atoms with E-state index in [9.17, 15) is 29.1 Å². The van der Waals surface area contributed by atoms with Gasteiger partial charge in [-0.2, -0.15) is 0 Å². The van der Waals surface area contributed by atoms with E-state index in [0.717, 1.165) is 42.2 Å². The minimum Gasteiger partial charge on any atom is -0.450 e. The first-order valence-electron chi connectivity index (χ1n) is 32.4. The minimum absolute atomic E-state index is 0.0303. The molecule has 2 aromatic carbocycles. The highest BCUT2D eigenvalue weighted by atomic mass is 16.6. The normalized spacial score (nSPS) is 25.8. The average molecular weight is 1250 g/mol. The summed E-state index contributed by atoms with van der Waals surface area (Å²) in [5.41, 5.74) is 0.676. The highest BCUT2D eigenvalue weighted by Crippen LogP contribution is 2.29. The second-order valence-corrected chi connectivity index (χ2v) is 26.4. The predicted octanol–water partition coefficient (Wildman–Crippen LogP) is 5.57.